The number of benzene rings is 1. The van der Waals surface area contributed by atoms with Gasteiger partial charge in [0.2, 0.25) is 5.91 Å². The van der Waals surface area contributed by atoms with Crippen LogP contribution in [-0.4, -0.2) is 30.5 Å². The van der Waals surface area contributed by atoms with Crippen molar-refractivity contribution in [2.24, 2.45) is 5.73 Å². The minimum Gasteiger partial charge on any atom is -0.355 e. The number of nitrogens with two attached hydrogens (primary N) is 1. The fourth-order valence-electron chi connectivity index (χ4n) is 1.99. The molecule has 0 aliphatic rings. The number of rotatable bonds is 10. The predicted octanol–water partition coefficient (Wildman–Crippen LogP) is 2.60. The van der Waals surface area contributed by atoms with Gasteiger partial charge in [-0.15, -0.1) is 0 Å². The summed E-state index contributed by atoms with van der Waals surface area (Å²) in [4.78, 5) is 11.8. The number of nitrogens with one attached hydrogen (secondary N) is 1. The van der Waals surface area contributed by atoms with Crippen molar-refractivity contribution in [1.82, 2.24) is 5.32 Å². The first-order valence-electron chi connectivity index (χ1n) is 7.30. The molecule has 0 saturated carbocycles. The van der Waals surface area contributed by atoms with Gasteiger partial charge in [0, 0.05) is 6.54 Å². The van der Waals surface area contributed by atoms with E-state index in [0.29, 0.717) is 6.42 Å². The third-order valence-corrected chi connectivity index (χ3v) is 3.95. The van der Waals surface area contributed by atoms with Gasteiger partial charge in [0.1, 0.15) is 0 Å². The molecule has 0 bridgehead atoms. The van der Waals surface area contributed by atoms with Crippen LogP contribution in [0.3, 0.4) is 0 Å². The Labute approximate surface area is 126 Å². The molecule has 3 nitrogen and oxygen atoms in total. The Morgan fingerprint density at radius 3 is 2.70 bits per heavy atom. The summed E-state index contributed by atoms with van der Waals surface area (Å²) in [5, 5.41) is 2.92. The normalized spacial score (nSPS) is 12.1. The first kappa shape index (κ1) is 17.1. The monoisotopic (exact) mass is 294 g/mol. The summed E-state index contributed by atoms with van der Waals surface area (Å²) in [7, 11) is 0. The topological polar surface area (TPSA) is 55.1 Å². The Morgan fingerprint density at radius 1 is 1.25 bits per heavy atom. The maximum atomic E-state index is 11.8. The Kier molecular flexibility index (Phi) is 9.16. The molecule has 0 aliphatic carbocycles. The van der Waals surface area contributed by atoms with Crippen molar-refractivity contribution in [2.45, 2.75) is 38.1 Å². The molecule has 0 spiro atoms. The van der Waals surface area contributed by atoms with Gasteiger partial charge in [-0.3, -0.25) is 4.79 Å². The van der Waals surface area contributed by atoms with E-state index in [1.807, 2.05) is 30.0 Å². The number of carbonyl (C=O) groups excluding carboxylic acids is 1. The summed E-state index contributed by atoms with van der Waals surface area (Å²) in [5.74, 6) is 1.18. The van der Waals surface area contributed by atoms with Gasteiger partial charge >= 0.3 is 0 Å². The second kappa shape index (κ2) is 10.7. The van der Waals surface area contributed by atoms with E-state index < -0.39 is 6.04 Å². The minimum absolute atomic E-state index is 0.0224. The van der Waals surface area contributed by atoms with Crippen molar-refractivity contribution in [3.63, 3.8) is 0 Å². The van der Waals surface area contributed by atoms with Crippen LogP contribution in [0, 0.1) is 0 Å². The van der Waals surface area contributed by atoms with Crippen molar-refractivity contribution in [3.8, 4) is 0 Å². The zero-order chi connectivity index (χ0) is 14.6. The van der Waals surface area contributed by atoms with Crippen LogP contribution in [0.4, 0.5) is 0 Å². The maximum absolute atomic E-state index is 11.8. The van der Waals surface area contributed by atoms with Gasteiger partial charge in [-0.2, -0.15) is 11.8 Å². The van der Waals surface area contributed by atoms with Crippen LogP contribution < -0.4 is 11.1 Å². The van der Waals surface area contributed by atoms with Crippen LogP contribution in [0.1, 0.15) is 31.2 Å². The lowest BCUT2D eigenvalue weighted by atomic mass is 10.1. The molecule has 0 aliphatic heterocycles. The Hall–Kier alpha value is -1.00. The summed E-state index contributed by atoms with van der Waals surface area (Å²) >= 11 is 1.87. The van der Waals surface area contributed by atoms with Crippen molar-refractivity contribution < 1.29 is 4.79 Å². The Balaban J connectivity index is 2.10. The lowest BCUT2D eigenvalue weighted by Crippen LogP contribution is -2.41. The highest BCUT2D eigenvalue weighted by Gasteiger charge is 2.12. The average molecular weight is 294 g/mol. The fraction of sp³-hybridized carbons (Fsp3) is 0.562. The van der Waals surface area contributed by atoms with Gasteiger partial charge < -0.3 is 11.1 Å². The van der Waals surface area contributed by atoms with E-state index in [1.54, 1.807) is 0 Å². The fourth-order valence-corrected chi connectivity index (χ4v) is 2.48. The van der Waals surface area contributed by atoms with Gasteiger partial charge in [0.15, 0.2) is 0 Å². The van der Waals surface area contributed by atoms with Crippen molar-refractivity contribution >= 4 is 17.7 Å². The maximum Gasteiger partial charge on any atom is 0.236 e. The quantitative estimate of drug-likeness (QED) is 0.652. The second-order valence-electron chi connectivity index (χ2n) is 4.98. The van der Waals surface area contributed by atoms with E-state index in [9.17, 15) is 4.79 Å². The zero-order valence-electron chi connectivity index (χ0n) is 12.3. The molecule has 1 rings (SSSR count). The summed E-state index contributed by atoms with van der Waals surface area (Å²) in [6.07, 6.45) is 7.09. The van der Waals surface area contributed by atoms with Gasteiger partial charge in [-0.1, -0.05) is 36.8 Å². The molecule has 1 amide bonds. The van der Waals surface area contributed by atoms with Crippen LogP contribution in [0.15, 0.2) is 30.3 Å². The molecule has 1 aromatic carbocycles. The highest BCUT2D eigenvalue weighted by atomic mass is 32.2. The first-order chi connectivity index (χ1) is 9.74. The lowest BCUT2D eigenvalue weighted by molar-refractivity contribution is -0.122. The second-order valence-corrected chi connectivity index (χ2v) is 5.96. The number of hydrogen-bond donors (Lipinski definition) is 2. The molecule has 0 aromatic heterocycles. The Bertz CT molecular complexity index is 370. The molecule has 0 radical (unpaired) electrons. The van der Waals surface area contributed by atoms with Gasteiger partial charge in [0.05, 0.1) is 6.04 Å². The third-order valence-electron chi connectivity index (χ3n) is 3.25. The van der Waals surface area contributed by atoms with Crippen LogP contribution in [0.5, 0.6) is 0 Å². The van der Waals surface area contributed by atoms with Crippen LogP contribution >= 0.6 is 11.8 Å². The Morgan fingerprint density at radius 2 is 2.00 bits per heavy atom. The number of carbonyl (C=O) groups is 1. The molecule has 1 atom stereocenters. The standard InChI is InChI=1S/C16H26N2OS/c1-20-13-7-3-6-12-18-16(19)15(17)11-10-14-8-4-2-5-9-14/h2,4-5,8-9,15H,3,6-7,10-13,17H2,1H3,(H,18,19)/t15-/m0/s1. The highest BCUT2D eigenvalue weighted by Crippen LogP contribution is 2.04. The van der Waals surface area contributed by atoms with Crippen LogP contribution in [0.2, 0.25) is 0 Å². The molecule has 0 unspecified atom stereocenters. The van der Waals surface area contributed by atoms with E-state index in [-0.39, 0.29) is 5.91 Å². The zero-order valence-corrected chi connectivity index (χ0v) is 13.1. The average Bonchev–Trinajstić information content (AvgIpc) is 2.49. The number of aryl methyl sites for hydroxylation is 1. The molecular weight excluding hydrogens is 268 g/mol. The van der Waals surface area contributed by atoms with Gasteiger partial charge in [-0.05, 0) is 43.3 Å². The predicted molar refractivity (Wildman–Crippen MR) is 88.0 cm³/mol. The third kappa shape index (κ3) is 7.56. The summed E-state index contributed by atoms with van der Waals surface area (Å²) < 4.78 is 0. The van der Waals surface area contributed by atoms with Crippen LogP contribution in [0.25, 0.3) is 0 Å². The van der Waals surface area contributed by atoms with Gasteiger partial charge in [-0.25, -0.2) is 0 Å². The molecule has 20 heavy (non-hydrogen) atoms. The van der Waals surface area contributed by atoms with Crippen molar-refractivity contribution in [2.75, 3.05) is 18.6 Å². The molecule has 112 valence electrons. The summed E-state index contributed by atoms with van der Waals surface area (Å²) in [5.41, 5.74) is 7.14. The SMILES string of the molecule is CSCCCCCNC(=O)[C@@H](N)CCc1ccccc1. The summed E-state index contributed by atoms with van der Waals surface area (Å²) in [6, 6.07) is 9.74. The van der Waals surface area contributed by atoms with E-state index in [0.717, 1.165) is 19.4 Å². The smallest absolute Gasteiger partial charge is 0.236 e. The molecular formula is C16H26N2OS. The molecule has 1 aromatic rings. The van der Waals surface area contributed by atoms with Gasteiger partial charge in [0.25, 0.3) is 0 Å². The highest BCUT2D eigenvalue weighted by molar-refractivity contribution is 7.98. The largest absolute Gasteiger partial charge is 0.355 e. The van der Waals surface area contributed by atoms with Crippen LogP contribution in [-0.2, 0) is 11.2 Å². The molecule has 0 saturated heterocycles. The van der Waals surface area contributed by atoms with E-state index in [4.69, 9.17) is 5.73 Å². The number of thioether (sulfide) groups is 1. The van der Waals surface area contributed by atoms with E-state index >= 15 is 0 Å². The number of amides is 1. The molecule has 0 fully saturated rings. The van der Waals surface area contributed by atoms with Crippen molar-refractivity contribution in [3.05, 3.63) is 35.9 Å². The lowest BCUT2D eigenvalue weighted by Gasteiger charge is -2.12. The first-order valence-corrected chi connectivity index (χ1v) is 8.69. The minimum atomic E-state index is -0.401. The summed E-state index contributed by atoms with van der Waals surface area (Å²) in [6.45, 7) is 0.742. The number of hydrogen-bond acceptors (Lipinski definition) is 3. The number of unbranched alkanes of at least 4 members (excludes halogenated alkanes) is 2. The van der Waals surface area contributed by atoms with E-state index in [1.165, 1.54) is 24.2 Å². The molecule has 0 heterocycles. The van der Waals surface area contributed by atoms with Crippen molar-refractivity contribution in [1.29, 1.82) is 0 Å². The molecule has 4 heteroatoms. The van der Waals surface area contributed by atoms with E-state index in [2.05, 4.69) is 23.7 Å². The molecule has 3 N–H and O–H groups in total.